The van der Waals surface area contributed by atoms with E-state index in [-0.39, 0.29) is 0 Å². The summed E-state index contributed by atoms with van der Waals surface area (Å²) < 4.78 is 5.24. The molecule has 0 aliphatic heterocycles. The first-order valence-electron chi connectivity index (χ1n) is 19.3. The zero-order valence-electron chi connectivity index (χ0n) is 31.0. The summed E-state index contributed by atoms with van der Waals surface area (Å²) in [6.07, 6.45) is 0. The van der Waals surface area contributed by atoms with Gasteiger partial charge in [-0.1, -0.05) is 176 Å². The van der Waals surface area contributed by atoms with Crippen LogP contribution in [-0.2, 0) is 0 Å². The van der Waals surface area contributed by atoms with Gasteiger partial charge in [0.25, 0.3) is 0 Å². The Balaban J connectivity index is 1.10. The highest BCUT2D eigenvalue weighted by atomic mass is 32.1. The van der Waals surface area contributed by atoms with E-state index in [1.165, 1.54) is 84.9 Å². The molecule has 2 heterocycles. The molecule has 0 saturated carbocycles. The minimum atomic E-state index is 1.10. The number of rotatable bonds is 7. The molecule has 0 unspecified atom stereocenters. The zero-order valence-corrected chi connectivity index (χ0v) is 32.6. The fraction of sp³-hybridized carbons (Fsp3) is 0. The zero-order chi connectivity index (χ0) is 37.7. The number of fused-ring (bicyclic) bond motifs is 6. The molecule has 3 heteroatoms. The molecular weight excluding hydrogens is 727 g/mol. The lowest BCUT2D eigenvalue weighted by atomic mass is 9.96. The minimum absolute atomic E-state index is 1.10. The lowest BCUT2D eigenvalue weighted by Gasteiger charge is -2.30. The summed E-state index contributed by atoms with van der Waals surface area (Å²) in [6, 6.07) is 77.6. The highest BCUT2D eigenvalue weighted by Gasteiger charge is 2.23. The van der Waals surface area contributed by atoms with Gasteiger partial charge in [-0.25, -0.2) is 0 Å². The Morgan fingerprint density at radius 3 is 1.14 bits per heavy atom. The van der Waals surface area contributed by atoms with Crippen molar-refractivity contribution < 1.29 is 0 Å². The van der Waals surface area contributed by atoms with E-state index in [0.717, 1.165) is 17.1 Å². The topological polar surface area (TPSA) is 3.24 Å². The van der Waals surface area contributed by atoms with Gasteiger partial charge in [-0.05, 0) is 58.7 Å². The van der Waals surface area contributed by atoms with E-state index in [2.05, 4.69) is 217 Å². The lowest BCUT2D eigenvalue weighted by Crippen LogP contribution is -2.12. The van der Waals surface area contributed by atoms with Crippen LogP contribution in [0.15, 0.2) is 212 Å². The molecule has 0 amide bonds. The summed E-state index contributed by atoms with van der Waals surface area (Å²) >= 11 is 3.76. The SMILES string of the molecule is c1ccc(-c2ccc(-c3ccc(N(c4ccccc4-c4cccc5c4sc4ccccc45)c4ccccc4-c4cccc5c4sc4ccccc45)cc3)cc2)cc1. The third-order valence-corrected chi connectivity index (χ3v) is 13.6. The average Bonchev–Trinajstić information content (AvgIpc) is 3.87. The molecule has 0 saturated heterocycles. The molecule has 268 valence electrons. The monoisotopic (exact) mass is 761 g/mol. The van der Waals surface area contributed by atoms with Gasteiger partial charge in [-0.3, -0.25) is 0 Å². The Morgan fingerprint density at radius 1 is 0.263 bits per heavy atom. The van der Waals surface area contributed by atoms with Crippen LogP contribution >= 0.6 is 22.7 Å². The van der Waals surface area contributed by atoms with Crippen LogP contribution in [0.25, 0.3) is 84.9 Å². The van der Waals surface area contributed by atoms with E-state index in [9.17, 15) is 0 Å². The average molecular weight is 762 g/mol. The van der Waals surface area contributed by atoms with Crippen LogP contribution in [0.2, 0.25) is 0 Å². The fourth-order valence-corrected chi connectivity index (χ4v) is 10.9. The van der Waals surface area contributed by atoms with Crippen molar-refractivity contribution in [1.82, 2.24) is 0 Å². The van der Waals surface area contributed by atoms with E-state index >= 15 is 0 Å². The highest BCUT2D eigenvalue weighted by Crippen LogP contribution is 2.49. The predicted molar refractivity (Wildman–Crippen MR) is 249 cm³/mol. The maximum atomic E-state index is 2.48. The molecule has 11 aromatic rings. The third-order valence-electron chi connectivity index (χ3n) is 11.1. The molecule has 0 bridgehead atoms. The van der Waals surface area contributed by atoms with Crippen LogP contribution in [0.1, 0.15) is 0 Å². The fourth-order valence-electron chi connectivity index (χ4n) is 8.41. The Bertz CT molecular complexity index is 3070. The first-order valence-corrected chi connectivity index (χ1v) is 21.0. The second-order valence-corrected chi connectivity index (χ2v) is 16.5. The van der Waals surface area contributed by atoms with Crippen molar-refractivity contribution in [1.29, 1.82) is 0 Å². The van der Waals surface area contributed by atoms with E-state index in [1.807, 2.05) is 22.7 Å². The molecular formula is C54H35NS2. The number of hydrogen-bond donors (Lipinski definition) is 0. The van der Waals surface area contributed by atoms with Crippen molar-refractivity contribution in [3.05, 3.63) is 212 Å². The lowest BCUT2D eigenvalue weighted by molar-refractivity contribution is 1.29. The molecule has 2 aromatic heterocycles. The van der Waals surface area contributed by atoms with Crippen molar-refractivity contribution in [2.75, 3.05) is 4.90 Å². The molecule has 0 atom stereocenters. The number of nitrogens with zero attached hydrogens (tertiary/aromatic N) is 1. The van der Waals surface area contributed by atoms with Gasteiger partial charge in [-0.2, -0.15) is 0 Å². The normalized spacial score (nSPS) is 11.5. The van der Waals surface area contributed by atoms with Gasteiger partial charge in [0, 0.05) is 68.3 Å². The molecule has 1 nitrogen and oxygen atoms in total. The van der Waals surface area contributed by atoms with Gasteiger partial charge in [-0.15, -0.1) is 22.7 Å². The largest absolute Gasteiger partial charge is 0.309 e. The summed E-state index contributed by atoms with van der Waals surface area (Å²) in [4.78, 5) is 2.48. The van der Waals surface area contributed by atoms with Gasteiger partial charge >= 0.3 is 0 Å². The minimum Gasteiger partial charge on any atom is -0.309 e. The summed E-state index contributed by atoms with van der Waals surface area (Å²) in [6.45, 7) is 0. The summed E-state index contributed by atoms with van der Waals surface area (Å²) in [5.74, 6) is 0. The van der Waals surface area contributed by atoms with Crippen molar-refractivity contribution >= 4 is 80.1 Å². The third kappa shape index (κ3) is 5.83. The summed E-state index contributed by atoms with van der Waals surface area (Å²) in [5.41, 5.74) is 13.1. The first-order chi connectivity index (χ1) is 28.3. The van der Waals surface area contributed by atoms with E-state index in [1.54, 1.807) is 0 Å². The second kappa shape index (κ2) is 14.1. The maximum Gasteiger partial charge on any atom is 0.0540 e. The molecule has 11 rings (SSSR count). The number of thiophene rings is 2. The molecule has 0 aliphatic rings. The molecule has 0 spiro atoms. The Kier molecular flexibility index (Phi) is 8.28. The Hall–Kier alpha value is -6.78. The standard InChI is InChI=1S/C54H35NS2/c1-2-14-36(15-3-1)37-28-30-38(31-29-37)39-32-34-40(35-33-39)55(49-24-8-4-16-41(49)45-20-12-22-47-43-18-6-10-26-51(43)56-53(45)47)50-25-9-5-17-42(50)46-21-13-23-48-44-19-7-11-27-52(44)57-54(46)48/h1-35H. The van der Waals surface area contributed by atoms with E-state index < -0.39 is 0 Å². The predicted octanol–water partition coefficient (Wildman–Crippen LogP) is 16.6. The van der Waals surface area contributed by atoms with Crippen molar-refractivity contribution in [2.24, 2.45) is 0 Å². The van der Waals surface area contributed by atoms with Crippen LogP contribution in [0, 0.1) is 0 Å². The van der Waals surface area contributed by atoms with Crippen molar-refractivity contribution in [2.45, 2.75) is 0 Å². The number of hydrogen-bond acceptors (Lipinski definition) is 3. The summed E-state index contributed by atoms with van der Waals surface area (Å²) in [5, 5.41) is 5.22. The van der Waals surface area contributed by atoms with Gasteiger partial charge in [0.15, 0.2) is 0 Å². The summed E-state index contributed by atoms with van der Waals surface area (Å²) in [7, 11) is 0. The van der Waals surface area contributed by atoms with E-state index in [4.69, 9.17) is 0 Å². The first kappa shape index (κ1) is 33.5. The molecule has 0 N–H and O–H groups in total. The number of benzene rings is 9. The maximum absolute atomic E-state index is 2.48. The molecule has 9 aromatic carbocycles. The van der Waals surface area contributed by atoms with E-state index in [0.29, 0.717) is 0 Å². The quantitative estimate of drug-likeness (QED) is 0.156. The molecule has 57 heavy (non-hydrogen) atoms. The van der Waals surface area contributed by atoms with Gasteiger partial charge < -0.3 is 4.90 Å². The molecule has 0 radical (unpaired) electrons. The molecule has 0 fully saturated rings. The van der Waals surface area contributed by atoms with Crippen LogP contribution in [0.5, 0.6) is 0 Å². The van der Waals surface area contributed by atoms with Crippen LogP contribution in [-0.4, -0.2) is 0 Å². The van der Waals surface area contributed by atoms with Gasteiger partial charge in [0.1, 0.15) is 0 Å². The highest BCUT2D eigenvalue weighted by molar-refractivity contribution is 7.26. The second-order valence-electron chi connectivity index (χ2n) is 14.4. The van der Waals surface area contributed by atoms with Crippen molar-refractivity contribution in [3.8, 4) is 44.5 Å². The Morgan fingerprint density at radius 2 is 0.632 bits per heavy atom. The van der Waals surface area contributed by atoms with Crippen LogP contribution < -0.4 is 4.90 Å². The van der Waals surface area contributed by atoms with Crippen LogP contribution in [0.3, 0.4) is 0 Å². The van der Waals surface area contributed by atoms with Gasteiger partial charge in [0.2, 0.25) is 0 Å². The molecule has 0 aliphatic carbocycles. The number of para-hydroxylation sites is 2. The van der Waals surface area contributed by atoms with Crippen LogP contribution in [0.4, 0.5) is 17.1 Å². The number of anilines is 3. The van der Waals surface area contributed by atoms with Crippen molar-refractivity contribution in [3.63, 3.8) is 0 Å². The van der Waals surface area contributed by atoms with Gasteiger partial charge in [0.05, 0.1) is 11.4 Å². The smallest absolute Gasteiger partial charge is 0.0540 e. The Labute approximate surface area is 340 Å².